The highest BCUT2D eigenvalue weighted by Gasteiger charge is 2.49. The van der Waals surface area contributed by atoms with Crippen LogP contribution in [0.2, 0.25) is 17.8 Å². The van der Waals surface area contributed by atoms with Gasteiger partial charge < -0.3 is 14.6 Å². The summed E-state index contributed by atoms with van der Waals surface area (Å²) in [6, 6.07) is 2.60. The zero-order valence-electron chi connectivity index (χ0n) is 12.9. The molecule has 2 rings (SSSR count). The molecule has 19 heavy (non-hydrogen) atoms. The van der Waals surface area contributed by atoms with Gasteiger partial charge in [-0.3, -0.25) is 0 Å². The molecular weight excluding hydrogens is 270 g/mol. The average Bonchev–Trinajstić information content (AvgIpc) is 2.37. The minimum Gasteiger partial charge on any atom is -0.420 e. The predicted molar refractivity (Wildman–Crippen MR) is 85.2 cm³/mol. The van der Waals surface area contributed by atoms with Crippen molar-refractivity contribution in [3.05, 3.63) is 0 Å². The van der Waals surface area contributed by atoms with Gasteiger partial charge in [-0.05, 0) is 50.9 Å². The fraction of sp³-hybridized carbons (Fsp3) is 1.00. The van der Waals surface area contributed by atoms with E-state index in [1.54, 1.807) is 0 Å². The van der Waals surface area contributed by atoms with Gasteiger partial charge in [-0.15, -0.1) is 0 Å². The first-order valence-corrected chi connectivity index (χ1v) is 12.6. The van der Waals surface area contributed by atoms with Crippen molar-refractivity contribution in [1.29, 1.82) is 0 Å². The van der Waals surface area contributed by atoms with Gasteiger partial charge in [0.2, 0.25) is 8.32 Å². The van der Waals surface area contributed by atoms with Crippen molar-refractivity contribution in [1.82, 2.24) is 0 Å². The fourth-order valence-electron chi connectivity index (χ4n) is 3.75. The molecule has 2 fully saturated rings. The largest absolute Gasteiger partial charge is 0.420 e. The second-order valence-electron chi connectivity index (χ2n) is 6.99. The highest BCUT2D eigenvalue weighted by Crippen LogP contribution is 2.39. The standard InChI is InChI=1S/C14H31NO2Si2/c1-4-13(15)19(11-7-8-14(2,3)17-19)12-18-10-6-5-9-16-18/h13,18H,4-12,15H2,1-3H3. The van der Waals surface area contributed by atoms with E-state index in [9.17, 15) is 0 Å². The Hall–Kier alpha value is 0.314. The molecule has 2 saturated heterocycles. The number of hydrogen-bond acceptors (Lipinski definition) is 3. The molecule has 0 spiro atoms. The quantitative estimate of drug-likeness (QED) is 0.812. The van der Waals surface area contributed by atoms with Crippen LogP contribution in [0.3, 0.4) is 0 Å². The van der Waals surface area contributed by atoms with Crippen LogP contribution in [0.1, 0.15) is 52.9 Å². The Labute approximate surface area is 121 Å². The molecular formula is C14H31NO2Si2. The zero-order chi connectivity index (χ0) is 13.9. The highest BCUT2D eigenvalue weighted by atomic mass is 28.4. The maximum atomic E-state index is 6.69. The van der Waals surface area contributed by atoms with E-state index < -0.39 is 17.4 Å². The summed E-state index contributed by atoms with van der Waals surface area (Å²) in [7, 11) is -2.83. The molecule has 0 aromatic heterocycles. The van der Waals surface area contributed by atoms with E-state index in [2.05, 4.69) is 20.8 Å². The highest BCUT2D eigenvalue weighted by molar-refractivity contribution is 6.85. The normalized spacial score (nSPS) is 36.9. The second kappa shape index (κ2) is 6.39. The predicted octanol–water partition coefficient (Wildman–Crippen LogP) is 2.87. The van der Waals surface area contributed by atoms with Crippen molar-refractivity contribution < 1.29 is 8.85 Å². The van der Waals surface area contributed by atoms with Crippen molar-refractivity contribution in [2.75, 3.05) is 6.61 Å². The maximum Gasteiger partial charge on any atom is 0.209 e. The molecule has 0 bridgehead atoms. The lowest BCUT2D eigenvalue weighted by Crippen LogP contribution is -2.62. The molecule has 0 saturated carbocycles. The van der Waals surface area contributed by atoms with Crippen molar-refractivity contribution >= 4 is 17.4 Å². The third-order valence-electron chi connectivity index (χ3n) is 4.82. The van der Waals surface area contributed by atoms with E-state index in [1.165, 1.54) is 43.4 Å². The minimum atomic E-state index is -1.79. The molecule has 0 aromatic carbocycles. The van der Waals surface area contributed by atoms with E-state index in [0.717, 1.165) is 13.0 Å². The summed E-state index contributed by atoms with van der Waals surface area (Å²) in [4.78, 5) is 0. The first-order valence-electron chi connectivity index (χ1n) is 8.05. The zero-order valence-corrected chi connectivity index (χ0v) is 15.1. The lowest BCUT2D eigenvalue weighted by molar-refractivity contribution is 0.0651. The Morgan fingerprint density at radius 1 is 1.32 bits per heavy atom. The second-order valence-corrected chi connectivity index (χ2v) is 14.4. The monoisotopic (exact) mass is 301 g/mol. The molecule has 3 unspecified atom stereocenters. The van der Waals surface area contributed by atoms with Gasteiger partial charge in [-0.25, -0.2) is 0 Å². The Kier molecular flexibility index (Phi) is 5.28. The fourth-order valence-corrected chi connectivity index (χ4v) is 15.2. The minimum absolute atomic E-state index is 0.0420. The van der Waals surface area contributed by atoms with Gasteiger partial charge in [0.05, 0.1) is 5.60 Å². The van der Waals surface area contributed by atoms with E-state index in [1.807, 2.05) is 0 Å². The van der Waals surface area contributed by atoms with Gasteiger partial charge in [0.15, 0.2) is 9.04 Å². The van der Waals surface area contributed by atoms with Gasteiger partial charge in [-0.1, -0.05) is 19.8 Å². The molecule has 0 amide bonds. The molecule has 3 atom stereocenters. The van der Waals surface area contributed by atoms with Crippen LogP contribution >= 0.6 is 0 Å². The molecule has 2 aliphatic heterocycles. The third-order valence-corrected chi connectivity index (χ3v) is 15.1. The Morgan fingerprint density at radius 2 is 2.11 bits per heavy atom. The van der Waals surface area contributed by atoms with Gasteiger partial charge in [0, 0.05) is 12.3 Å². The van der Waals surface area contributed by atoms with Crippen LogP contribution in [0.15, 0.2) is 0 Å². The van der Waals surface area contributed by atoms with E-state index >= 15 is 0 Å². The number of hydrogen-bond donors (Lipinski definition) is 1. The summed E-state index contributed by atoms with van der Waals surface area (Å²) >= 11 is 0. The average molecular weight is 302 g/mol. The van der Waals surface area contributed by atoms with Crippen LogP contribution in [0.25, 0.3) is 0 Å². The Morgan fingerprint density at radius 3 is 2.68 bits per heavy atom. The Balaban J connectivity index is 2.09. The van der Waals surface area contributed by atoms with Crippen molar-refractivity contribution in [2.24, 2.45) is 5.73 Å². The van der Waals surface area contributed by atoms with Crippen molar-refractivity contribution in [3.63, 3.8) is 0 Å². The summed E-state index contributed by atoms with van der Waals surface area (Å²) in [5, 5.41) is 0. The molecule has 5 heteroatoms. The molecule has 112 valence electrons. The molecule has 3 nitrogen and oxygen atoms in total. The Bertz CT molecular complexity index is 295. The van der Waals surface area contributed by atoms with Crippen LogP contribution in [-0.4, -0.2) is 35.2 Å². The van der Waals surface area contributed by atoms with Gasteiger partial charge in [-0.2, -0.15) is 0 Å². The van der Waals surface area contributed by atoms with Crippen LogP contribution in [-0.2, 0) is 8.85 Å². The molecule has 2 heterocycles. The van der Waals surface area contributed by atoms with E-state index in [-0.39, 0.29) is 5.60 Å². The molecule has 0 aliphatic carbocycles. The van der Waals surface area contributed by atoms with Crippen LogP contribution in [0, 0.1) is 0 Å². The summed E-state index contributed by atoms with van der Waals surface area (Å²) in [6.45, 7) is 7.71. The van der Waals surface area contributed by atoms with Gasteiger partial charge >= 0.3 is 0 Å². The summed E-state index contributed by atoms with van der Waals surface area (Å²) in [5.74, 6) is 0. The van der Waals surface area contributed by atoms with Crippen LogP contribution in [0.4, 0.5) is 0 Å². The summed E-state index contributed by atoms with van der Waals surface area (Å²) < 4.78 is 12.8. The third kappa shape index (κ3) is 3.91. The summed E-state index contributed by atoms with van der Waals surface area (Å²) in [5.41, 5.74) is 8.12. The number of rotatable bonds is 4. The first-order chi connectivity index (χ1) is 8.97. The smallest absolute Gasteiger partial charge is 0.209 e. The van der Waals surface area contributed by atoms with Crippen molar-refractivity contribution in [2.45, 2.75) is 81.9 Å². The lowest BCUT2D eigenvalue weighted by Gasteiger charge is -2.48. The topological polar surface area (TPSA) is 44.5 Å². The van der Waals surface area contributed by atoms with Gasteiger partial charge in [0.25, 0.3) is 0 Å². The molecule has 2 aliphatic rings. The maximum absolute atomic E-state index is 6.69. The van der Waals surface area contributed by atoms with Crippen LogP contribution in [0.5, 0.6) is 0 Å². The molecule has 0 radical (unpaired) electrons. The lowest BCUT2D eigenvalue weighted by atomic mass is 10.0. The SMILES string of the molecule is CCC(N)[Si]1(C[SiH]2CCCCO2)CCCC(C)(C)O1. The first kappa shape index (κ1) is 15.7. The molecule has 0 aromatic rings. The number of nitrogens with two attached hydrogens (primary N) is 1. The van der Waals surface area contributed by atoms with Gasteiger partial charge in [0.1, 0.15) is 0 Å². The van der Waals surface area contributed by atoms with Crippen LogP contribution < -0.4 is 5.73 Å². The summed E-state index contributed by atoms with van der Waals surface area (Å²) in [6.07, 6.45) is 6.17. The molecule has 2 N–H and O–H groups in total. The van der Waals surface area contributed by atoms with E-state index in [0.29, 0.717) is 5.67 Å². The van der Waals surface area contributed by atoms with Crippen molar-refractivity contribution in [3.8, 4) is 0 Å². The van der Waals surface area contributed by atoms with E-state index in [4.69, 9.17) is 14.6 Å².